The Hall–Kier alpha value is -3.10. The van der Waals surface area contributed by atoms with Gasteiger partial charge < -0.3 is 25.0 Å². The standard InChI is InChI=1S/C27H29ClFN3O4/c1-15(33)20-13-31(23-11-18(34)8-9-19(20)23)14-25(35)32-22-7-3-4-16(22)10-24(32)27(36)30-12-17-5-2-6-21(28)26(17)29/h2,5-6,8-9,11,13,15-16,22,24,33-34H,3-4,7,10,12,14H2,1H3,(H,30,36)/t15?,16-,22-,24+/m1/s1. The van der Waals surface area contributed by atoms with Gasteiger partial charge in [0.15, 0.2) is 0 Å². The third kappa shape index (κ3) is 4.44. The Balaban J connectivity index is 1.38. The van der Waals surface area contributed by atoms with Gasteiger partial charge in [0.25, 0.3) is 0 Å². The fraction of sp³-hybridized carbons (Fsp3) is 0.407. The first-order valence-corrected chi connectivity index (χ1v) is 12.6. The zero-order chi connectivity index (χ0) is 25.6. The fourth-order valence-corrected chi connectivity index (χ4v) is 6.06. The summed E-state index contributed by atoms with van der Waals surface area (Å²) >= 11 is 5.86. The maximum atomic E-state index is 14.3. The Morgan fingerprint density at radius 1 is 1.25 bits per heavy atom. The monoisotopic (exact) mass is 513 g/mol. The van der Waals surface area contributed by atoms with Crippen LogP contribution in [0.25, 0.3) is 10.9 Å². The Morgan fingerprint density at radius 2 is 2.06 bits per heavy atom. The summed E-state index contributed by atoms with van der Waals surface area (Å²) in [5, 5.41) is 23.8. The average Bonchev–Trinajstić information content (AvgIpc) is 3.53. The highest BCUT2D eigenvalue weighted by atomic mass is 35.5. The second-order valence-electron chi connectivity index (χ2n) is 9.83. The van der Waals surface area contributed by atoms with E-state index < -0.39 is 18.0 Å². The molecule has 9 heteroatoms. The molecule has 5 rings (SSSR count). The van der Waals surface area contributed by atoms with Crippen LogP contribution in [-0.4, -0.2) is 43.6 Å². The molecule has 1 saturated heterocycles. The summed E-state index contributed by atoms with van der Waals surface area (Å²) in [4.78, 5) is 28.6. The summed E-state index contributed by atoms with van der Waals surface area (Å²) in [7, 11) is 0. The minimum Gasteiger partial charge on any atom is -0.508 e. The molecule has 2 aromatic carbocycles. The number of likely N-dealkylation sites (tertiary alicyclic amines) is 1. The molecular weight excluding hydrogens is 485 g/mol. The average molecular weight is 514 g/mol. The lowest BCUT2D eigenvalue weighted by Gasteiger charge is -2.29. The van der Waals surface area contributed by atoms with E-state index in [2.05, 4.69) is 5.32 Å². The molecule has 2 aliphatic rings. The summed E-state index contributed by atoms with van der Waals surface area (Å²) in [6.45, 7) is 1.61. The van der Waals surface area contributed by atoms with Crippen LogP contribution in [0.1, 0.15) is 49.8 Å². The number of fused-ring (bicyclic) bond motifs is 2. The molecule has 1 saturated carbocycles. The molecule has 36 heavy (non-hydrogen) atoms. The first kappa shape index (κ1) is 24.6. The molecule has 1 aromatic heterocycles. The van der Waals surface area contributed by atoms with Crippen LogP contribution in [0.2, 0.25) is 5.02 Å². The zero-order valence-corrected chi connectivity index (χ0v) is 20.7. The van der Waals surface area contributed by atoms with Crippen LogP contribution in [0.4, 0.5) is 4.39 Å². The molecule has 0 radical (unpaired) electrons. The predicted octanol–water partition coefficient (Wildman–Crippen LogP) is 4.28. The van der Waals surface area contributed by atoms with Crippen LogP contribution < -0.4 is 5.32 Å². The van der Waals surface area contributed by atoms with Crippen LogP contribution in [0.3, 0.4) is 0 Å². The van der Waals surface area contributed by atoms with Crippen molar-refractivity contribution in [1.29, 1.82) is 0 Å². The molecule has 3 N–H and O–H groups in total. The molecule has 1 aliphatic heterocycles. The second kappa shape index (κ2) is 9.75. The number of benzene rings is 2. The summed E-state index contributed by atoms with van der Waals surface area (Å²) in [5.41, 5.74) is 1.59. The van der Waals surface area contributed by atoms with Gasteiger partial charge in [-0.15, -0.1) is 0 Å². The topological polar surface area (TPSA) is 94.8 Å². The Kier molecular flexibility index (Phi) is 6.66. The normalized spacial score (nSPS) is 22.1. The van der Waals surface area contributed by atoms with Gasteiger partial charge in [-0.2, -0.15) is 0 Å². The number of aliphatic hydroxyl groups is 1. The molecule has 190 valence electrons. The van der Waals surface area contributed by atoms with E-state index in [1.54, 1.807) is 52.9 Å². The lowest BCUT2D eigenvalue weighted by molar-refractivity contribution is -0.141. The van der Waals surface area contributed by atoms with Crippen molar-refractivity contribution in [1.82, 2.24) is 14.8 Å². The van der Waals surface area contributed by atoms with Gasteiger partial charge in [0.05, 0.1) is 16.6 Å². The van der Waals surface area contributed by atoms with Crippen molar-refractivity contribution in [2.24, 2.45) is 5.92 Å². The zero-order valence-electron chi connectivity index (χ0n) is 20.0. The summed E-state index contributed by atoms with van der Waals surface area (Å²) in [6.07, 6.45) is 4.37. The number of hydrogen-bond donors (Lipinski definition) is 3. The van der Waals surface area contributed by atoms with E-state index in [0.717, 1.165) is 24.6 Å². The summed E-state index contributed by atoms with van der Waals surface area (Å²) in [5.74, 6) is -0.750. The Labute approximate surface area is 213 Å². The van der Waals surface area contributed by atoms with Gasteiger partial charge in [0.1, 0.15) is 24.2 Å². The van der Waals surface area contributed by atoms with Crippen LogP contribution >= 0.6 is 11.6 Å². The highest BCUT2D eigenvalue weighted by molar-refractivity contribution is 6.30. The molecule has 7 nitrogen and oxygen atoms in total. The lowest BCUT2D eigenvalue weighted by atomic mass is 10.0. The van der Waals surface area contributed by atoms with Crippen LogP contribution in [0.15, 0.2) is 42.6 Å². The minimum absolute atomic E-state index is 0.00416. The number of phenols is 1. The maximum Gasteiger partial charge on any atom is 0.243 e. The summed E-state index contributed by atoms with van der Waals surface area (Å²) < 4.78 is 16.0. The highest BCUT2D eigenvalue weighted by Gasteiger charge is 2.48. The number of phenolic OH excluding ortho intramolecular Hbond substituents is 1. The number of hydrogen-bond acceptors (Lipinski definition) is 4. The first-order chi connectivity index (χ1) is 17.2. The molecule has 2 heterocycles. The van der Waals surface area contributed by atoms with Crippen LogP contribution in [-0.2, 0) is 22.7 Å². The number of rotatable bonds is 6. The molecule has 0 spiro atoms. The van der Waals surface area contributed by atoms with Gasteiger partial charge >= 0.3 is 0 Å². The largest absolute Gasteiger partial charge is 0.508 e. The Morgan fingerprint density at radius 3 is 2.83 bits per heavy atom. The minimum atomic E-state index is -0.746. The third-order valence-corrected chi connectivity index (χ3v) is 7.86. The predicted molar refractivity (Wildman–Crippen MR) is 134 cm³/mol. The SMILES string of the molecule is CC(O)c1cn(CC(=O)N2[C@@H]3CCC[C@@H]3C[C@H]2C(=O)NCc2cccc(Cl)c2F)c2cc(O)ccc12. The van der Waals surface area contributed by atoms with E-state index in [1.165, 1.54) is 6.07 Å². The highest BCUT2D eigenvalue weighted by Crippen LogP contribution is 2.42. The number of nitrogens with one attached hydrogen (secondary N) is 1. The number of aromatic nitrogens is 1. The quantitative estimate of drug-likeness (QED) is 0.458. The van der Waals surface area contributed by atoms with E-state index >= 15 is 0 Å². The molecular formula is C27H29ClFN3O4. The smallest absolute Gasteiger partial charge is 0.243 e. The Bertz CT molecular complexity index is 1320. The number of aliphatic hydroxyl groups excluding tert-OH is 1. The summed E-state index contributed by atoms with van der Waals surface area (Å²) in [6, 6.07) is 8.84. The second-order valence-corrected chi connectivity index (χ2v) is 10.2. The van der Waals surface area contributed by atoms with Crippen LogP contribution in [0, 0.1) is 11.7 Å². The molecule has 1 aliphatic carbocycles. The van der Waals surface area contributed by atoms with Gasteiger partial charge in [-0.25, -0.2) is 4.39 Å². The number of carbonyl (C=O) groups excluding carboxylic acids is 2. The third-order valence-electron chi connectivity index (χ3n) is 7.57. The van der Waals surface area contributed by atoms with E-state index in [1.807, 2.05) is 0 Å². The van der Waals surface area contributed by atoms with E-state index in [9.17, 15) is 24.2 Å². The maximum absolute atomic E-state index is 14.3. The number of nitrogens with zero attached hydrogens (tertiary/aromatic N) is 2. The van der Waals surface area contributed by atoms with Crippen molar-refractivity contribution in [2.45, 2.75) is 63.9 Å². The van der Waals surface area contributed by atoms with Crippen molar-refractivity contribution in [3.05, 3.63) is 64.6 Å². The van der Waals surface area contributed by atoms with E-state index in [4.69, 9.17) is 11.6 Å². The molecule has 4 atom stereocenters. The molecule has 3 aromatic rings. The number of carbonyl (C=O) groups is 2. The van der Waals surface area contributed by atoms with Crippen molar-refractivity contribution in [2.75, 3.05) is 0 Å². The van der Waals surface area contributed by atoms with Gasteiger partial charge in [-0.05, 0) is 50.3 Å². The van der Waals surface area contributed by atoms with E-state index in [-0.39, 0.29) is 53.2 Å². The number of aromatic hydroxyl groups is 1. The number of halogens is 2. The van der Waals surface area contributed by atoms with Gasteiger partial charge in [0, 0.05) is 41.4 Å². The fourth-order valence-electron chi connectivity index (χ4n) is 5.87. The molecule has 2 amide bonds. The van der Waals surface area contributed by atoms with Crippen LogP contribution in [0.5, 0.6) is 5.75 Å². The number of amides is 2. The van der Waals surface area contributed by atoms with Crippen molar-refractivity contribution in [3.63, 3.8) is 0 Å². The van der Waals surface area contributed by atoms with E-state index in [0.29, 0.717) is 17.5 Å². The van der Waals surface area contributed by atoms with Crippen molar-refractivity contribution in [3.8, 4) is 5.75 Å². The molecule has 1 unspecified atom stereocenters. The van der Waals surface area contributed by atoms with Gasteiger partial charge in [0.2, 0.25) is 11.8 Å². The van der Waals surface area contributed by atoms with Crippen molar-refractivity contribution < 1.29 is 24.2 Å². The first-order valence-electron chi connectivity index (χ1n) is 12.3. The lowest BCUT2D eigenvalue weighted by Crippen LogP contribution is -2.49. The van der Waals surface area contributed by atoms with Gasteiger partial charge in [-0.1, -0.05) is 30.2 Å². The van der Waals surface area contributed by atoms with Crippen molar-refractivity contribution >= 4 is 34.3 Å². The van der Waals surface area contributed by atoms with Gasteiger partial charge in [-0.3, -0.25) is 9.59 Å². The molecule has 0 bridgehead atoms. The molecule has 2 fully saturated rings.